The van der Waals surface area contributed by atoms with Crippen molar-refractivity contribution < 1.29 is 18.3 Å². The van der Waals surface area contributed by atoms with Gasteiger partial charge in [-0.3, -0.25) is 0 Å². The molecule has 0 fully saturated rings. The number of anilines is 2. The normalized spacial score (nSPS) is 11.3. The van der Waals surface area contributed by atoms with Gasteiger partial charge in [-0.05, 0) is 44.5 Å². The first-order valence-corrected chi connectivity index (χ1v) is 9.40. The predicted octanol–water partition coefficient (Wildman–Crippen LogP) is 4.19. The molecule has 1 aromatic carbocycles. The van der Waals surface area contributed by atoms with Gasteiger partial charge < -0.3 is 14.5 Å². The monoisotopic (exact) mass is 397 g/mol. The van der Waals surface area contributed by atoms with E-state index in [1.54, 1.807) is 30.4 Å². The van der Waals surface area contributed by atoms with E-state index in [0.717, 1.165) is 6.42 Å². The van der Waals surface area contributed by atoms with Crippen molar-refractivity contribution in [2.45, 2.75) is 33.6 Å². The van der Waals surface area contributed by atoms with Crippen molar-refractivity contribution in [3.05, 3.63) is 47.2 Å². The van der Waals surface area contributed by atoms with E-state index in [0.29, 0.717) is 46.2 Å². The molecule has 0 aliphatic rings. The smallest absolute Gasteiger partial charge is 0.342 e. The molecule has 0 radical (unpaired) electrons. The summed E-state index contributed by atoms with van der Waals surface area (Å²) in [4.78, 5) is 17.1. The minimum Gasteiger partial charge on any atom is -0.462 e. The first-order valence-electron chi connectivity index (χ1n) is 9.40. The Hall–Kier alpha value is -3.49. The molecule has 3 aromatic heterocycles. The largest absolute Gasteiger partial charge is 0.462 e. The Morgan fingerprint density at radius 2 is 2.00 bits per heavy atom. The summed E-state index contributed by atoms with van der Waals surface area (Å²) in [7, 11) is 0. The minimum absolute atomic E-state index is 0.243. The zero-order chi connectivity index (χ0) is 20.5. The van der Waals surface area contributed by atoms with E-state index in [-0.39, 0.29) is 18.1 Å². The maximum atomic E-state index is 13.3. The Balaban J connectivity index is 1.96. The summed E-state index contributed by atoms with van der Waals surface area (Å²) < 4.78 is 25.9. The molecular weight excluding hydrogens is 377 g/mol. The van der Waals surface area contributed by atoms with Crippen LogP contribution in [0.25, 0.3) is 16.7 Å². The van der Waals surface area contributed by atoms with Crippen molar-refractivity contribution in [3.8, 4) is 0 Å². The number of carbonyl (C=O) groups excluding carboxylic acids is 1. The molecule has 150 valence electrons. The van der Waals surface area contributed by atoms with E-state index in [1.807, 2.05) is 6.92 Å². The van der Waals surface area contributed by atoms with E-state index in [4.69, 9.17) is 9.15 Å². The van der Waals surface area contributed by atoms with Crippen LogP contribution in [0.3, 0.4) is 0 Å². The van der Waals surface area contributed by atoms with Crippen LogP contribution >= 0.6 is 0 Å². The van der Waals surface area contributed by atoms with Gasteiger partial charge in [-0.1, -0.05) is 6.92 Å². The Bertz CT molecular complexity index is 1200. The van der Waals surface area contributed by atoms with Gasteiger partial charge in [-0.25, -0.2) is 13.6 Å². The highest BCUT2D eigenvalue weighted by Gasteiger charge is 2.26. The topological polar surface area (TPSA) is 94.5 Å². The van der Waals surface area contributed by atoms with Gasteiger partial charge in [0.15, 0.2) is 5.65 Å². The van der Waals surface area contributed by atoms with Gasteiger partial charge in [-0.2, -0.15) is 4.98 Å². The number of benzene rings is 1. The third-order valence-corrected chi connectivity index (χ3v) is 4.49. The van der Waals surface area contributed by atoms with Crippen LogP contribution in [0.15, 0.2) is 28.7 Å². The van der Waals surface area contributed by atoms with Crippen molar-refractivity contribution in [2.75, 3.05) is 11.9 Å². The van der Waals surface area contributed by atoms with Gasteiger partial charge in [0, 0.05) is 12.1 Å². The number of halogens is 1. The highest BCUT2D eigenvalue weighted by molar-refractivity contribution is 6.09. The van der Waals surface area contributed by atoms with E-state index in [9.17, 15) is 9.18 Å². The Morgan fingerprint density at radius 3 is 2.69 bits per heavy atom. The summed E-state index contributed by atoms with van der Waals surface area (Å²) in [6.45, 7) is 5.70. The number of aryl methyl sites for hydroxylation is 2. The first-order chi connectivity index (χ1) is 14.0. The van der Waals surface area contributed by atoms with Gasteiger partial charge in [0.1, 0.15) is 28.4 Å². The molecule has 4 aromatic rings. The van der Waals surface area contributed by atoms with E-state index in [2.05, 4.69) is 20.5 Å². The van der Waals surface area contributed by atoms with Crippen LogP contribution in [-0.4, -0.2) is 32.2 Å². The first kappa shape index (κ1) is 18.9. The Morgan fingerprint density at radius 1 is 1.24 bits per heavy atom. The summed E-state index contributed by atoms with van der Waals surface area (Å²) in [5.74, 6) is 0.672. The number of carbonyl (C=O) groups is 1. The lowest BCUT2D eigenvalue weighted by atomic mass is 10.2. The summed E-state index contributed by atoms with van der Waals surface area (Å²) >= 11 is 0. The maximum Gasteiger partial charge on any atom is 0.342 e. The van der Waals surface area contributed by atoms with E-state index in [1.165, 1.54) is 12.1 Å². The fourth-order valence-corrected chi connectivity index (χ4v) is 3.24. The van der Waals surface area contributed by atoms with Crippen LogP contribution < -0.4 is 5.32 Å². The molecule has 9 heteroatoms. The number of nitrogens with one attached hydrogen (secondary N) is 1. The Labute approximate surface area is 165 Å². The average Bonchev–Trinajstić information content (AvgIpc) is 3.25. The molecule has 4 rings (SSSR count). The lowest BCUT2D eigenvalue weighted by Gasteiger charge is -2.10. The quantitative estimate of drug-likeness (QED) is 0.488. The fraction of sp³-hybridized carbons (Fsp3) is 0.300. The number of esters is 1. The number of fused-ring (bicyclic) bond motifs is 3. The van der Waals surface area contributed by atoms with Crippen LogP contribution in [0, 0.1) is 12.7 Å². The molecule has 0 atom stereocenters. The molecular formula is C20H20FN5O3. The number of aromatic nitrogens is 4. The highest BCUT2D eigenvalue weighted by atomic mass is 19.1. The summed E-state index contributed by atoms with van der Waals surface area (Å²) in [6, 6.07) is 5.92. The molecule has 1 N–H and O–H groups in total. The zero-order valence-corrected chi connectivity index (χ0v) is 16.3. The summed E-state index contributed by atoms with van der Waals surface area (Å²) in [5, 5.41) is 12.2. The molecule has 0 bridgehead atoms. The van der Waals surface area contributed by atoms with Gasteiger partial charge in [0.2, 0.25) is 11.7 Å². The van der Waals surface area contributed by atoms with Gasteiger partial charge in [0.25, 0.3) is 0 Å². The molecule has 0 aliphatic carbocycles. The molecule has 0 aliphatic heterocycles. The molecule has 3 heterocycles. The molecule has 0 saturated heterocycles. The van der Waals surface area contributed by atoms with Crippen LogP contribution in [0.1, 0.15) is 42.2 Å². The van der Waals surface area contributed by atoms with E-state index >= 15 is 0 Å². The molecule has 0 amide bonds. The summed E-state index contributed by atoms with van der Waals surface area (Å²) in [6.07, 6.45) is 1.52. The molecule has 0 spiro atoms. The lowest BCUT2D eigenvalue weighted by molar-refractivity contribution is 0.0526. The highest BCUT2D eigenvalue weighted by Crippen LogP contribution is 2.31. The lowest BCUT2D eigenvalue weighted by Crippen LogP contribution is -2.08. The standard InChI is InChI=1S/C20H20FN5O3/c1-4-6-14-24-25-17-16-15(19(27)28-5-2)11(3)29-18(16)23-20(26(14)17)22-13-9-7-12(21)8-10-13/h7-10H,4-6H2,1-3H3,(H,22,23). The van der Waals surface area contributed by atoms with Crippen LogP contribution in [0.2, 0.25) is 0 Å². The van der Waals surface area contributed by atoms with Gasteiger partial charge >= 0.3 is 5.97 Å². The van der Waals surface area contributed by atoms with Gasteiger partial charge in [-0.15, -0.1) is 10.2 Å². The fourth-order valence-electron chi connectivity index (χ4n) is 3.24. The van der Waals surface area contributed by atoms with Gasteiger partial charge in [0.05, 0.1) is 6.61 Å². The van der Waals surface area contributed by atoms with Crippen molar-refractivity contribution in [1.82, 2.24) is 19.6 Å². The predicted molar refractivity (Wildman–Crippen MR) is 105 cm³/mol. The second-order valence-electron chi connectivity index (χ2n) is 6.53. The number of nitrogens with zero attached hydrogens (tertiary/aromatic N) is 4. The number of rotatable bonds is 6. The maximum absolute atomic E-state index is 13.3. The van der Waals surface area contributed by atoms with Crippen molar-refractivity contribution in [3.63, 3.8) is 0 Å². The zero-order valence-electron chi connectivity index (χ0n) is 16.3. The van der Waals surface area contributed by atoms with Crippen LogP contribution in [0.5, 0.6) is 0 Å². The van der Waals surface area contributed by atoms with Crippen molar-refractivity contribution in [1.29, 1.82) is 0 Å². The molecule has 0 unspecified atom stereocenters. The third-order valence-electron chi connectivity index (χ3n) is 4.49. The minimum atomic E-state index is -0.494. The van der Waals surface area contributed by atoms with E-state index < -0.39 is 5.97 Å². The SMILES string of the molecule is CCCc1nnc2c3c(C(=O)OCC)c(C)oc3nc(Nc3ccc(F)cc3)n12. The molecule has 29 heavy (non-hydrogen) atoms. The Kier molecular flexibility index (Phi) is 4.87. The second kappa shape index (κ2) is 7.50. The van der Waals surface area contributed by atoms with Crippen LogP contribution in [-0.2, 0) is 11.2 Å². The molecule has 8 nitrogen and oxygen atoms in total. The van der Waals surface area contributed by atoms with Crippen molar-refractivity contribution in [2.24, 2.45) is 0 Å². The third kappa shape index (κ3) is 3.28. The number of hydrogen-bond acceptors (Lipinski definition) is 7. The average molecular weight is 397 g/mol. The second-order valence-corrected chi connectivity index (χ2v) is 6.53. The number of ether oxygens (including phenoxy) is 1. The summed E-state index contributed by atoms with van der Waals surface area (Å²) in [5.41, 5.74) is 1.63. The van der Waals surface area contributed by atoms with Crippen molar-refractivity contribution >= 4 is 34.4 Å². The number of furan rings is 1. The number of hydrogen-bond donors (Lipinski definition) is 1. The molecule has 0 saturated carbocycles. The van der Waals surface area contributed by atoms with Crippen LogP contribution in [0.4, 0.5) is 16.0 Å².